The van der Waals surface area contributed by atoms with Gasteiger partial charge in [0, 0.05) is 36.1 Å². The average molecular weight is 346 g/mol. The summed E-state index contributed by atoms with van der Waals surface area (Å²) in [6.45, 7) is 0. The molecule has 0 radical (unpaired) electrons. The number of carboxylic acids is 2. The third kappa shape index (κ3) is 2.69. The zero-order valence-electron chi connectivity index (χ0n) is 12.2. The van der Waals surface area contributed by atoms with E-state index in [2.05, 4.69) is 15.0 Å². The van der Waals surface area contributed by atoms with Gasteiger partial charge in [-0.2, -0.15) is 0 Å². The zero-order chi connectivity index (χ0) is 17.3. The van der Waals surface area contributed by atoms with Gasteiger partial charge >= 0.3 is 11.9 Å². The molecule has 3 N–H and O–H groups in total. The van der Waals surface area contributed by atoms with Crippen molar-refractivity contribution in [2.75, 3.05) is 0 Å². The minimum atomic E-state index is -1.72. The molecule has 0 saturated carbocycles. The number of halogens is 1. The Labute approximate surface area is 140 Å². The van der Waals surface area contributed by atoms with Crippen LogP contribution >= 0.6 is 11.6 Å². The Morgan fingerprint density at radius 3 is 2.54 bits per heavy atom. The van der Waals surface area contributed by atoms with Crippen molar-refractivity contribution in [3.05, 3.63) is 59.1 Å². The molecular weight excluding hydrogens is 334 g/mol. The Balaban J connectivity index is 2.32. The fourth-order valence-electron chi connectivity index (χ4n) is 2.80. The SMILES string of the molecule is O=C(O)C(C(=O)O)C(c1cccnc1)c1c(Cl)cnc2[nH]ccc12. The zero-order valence-corrected chi connectivity index (χ0v) is 12.9. The first-order valence-corrected chi connectivity index (χ1v) is 7.35. The second-order valence-electron chi connectivity index (χ2n) is 5.18. The van der Waals surface area contributed by atoms with E-state index >= 15 is 0 Å². The largest absolute Gasteiger partial charge is 0.481 e. The number of pyridine rings is 2. The number of H-pyrrole nitrogens is 1. The Bertz CT molecular complexity index is 896. The number of carbonyl (C=O) groups is 2. The third-order valence-corrected chi connectivity index (χ3v) is 4.10. The molecule has 1 unspecified atom stereocenters. The summed E-state index contributed by atoms with van der Waals surface area (Å²) in [7, 11) is 0. The lowest BCUT2D eigenvalue weighted by atomic mass is 9.80. The van der Waals surface area contributed by atoms with Crippen LogP contribution in [0.3, 0.4) is 0 Å². The van der Waals surface area contributed by atoms with Crippen LogP contribution < -0.4 is 0 Å². The van der Waals surface area contributed by atoms with Gasteiger partial charge in [0.2, 0.25) is 0 Å². The van der Waals surface area contributed by atoms with Crippen molar-refractivity contribution in [2.45, 2.75) is 5.92 Å². The second kappa shape index (κ2) is 6.29. The van der Waals surface area contributed by atoms with Crippen molar-refractivity contribution >= 4 is 34.6 Å². The van der Waals surface area contributed by atoms with Gasteiger partial charge in [-0.1, -0.05) is 17.7 Å². The summed E-state index contributed by atoms with van der Waals surface area (Å²) in [4.78, 5) is 34.3. The van der Waals surface area contributed by atoms with Crippen molar-refractivity contribution in [2.24, 2.45) is 5.92 Å². The van der Waals surface area contributed by atoms with E-state index in [1.807, 2.05) is 0 Å². The molecule has 3 heterocycles. The van der Waals surface area contributed by atoms with Crippen LogP contribution in [0.15, 0.2) is 43.0 Å². The molecule has 122 valence electrons. The van der Waals surface area contributed by atoms with Gasteiger partial charge in [-0.05, 0) is 23.3 Å². The van der Waals surface area contributed by atoms with E-state index in [-0.39, 0.29) is 5.02 Å². The molecule has 3 rings (SSSR count). The molecule has 3 aromatic rings. The summed E-state index contributed by atoms with van der Waals surface area (Å²) in [6, 6.07) is 4.94. The van der Waals surface area contributed by atoms with Crippen LogP contribution in [0.2, 0.25) is 5.02 Å². The molecule has 0 fully saturated rings. The summed E-state index contributed by atoms with van der Waals surface area (Å²) in [6.07, 6.45) is 5.98. The first-order valence-electron chi connectivity index (χ1n) is 6.97. The van der Waals surface area contributed by atoms with Crippen LogP contribution in [0.4, 0.5) is 0 Å². The molecule has 1 atom stereocenters. The number of aliphatic carboxylic acids is 2. The van der Waals surface area contributed by atoms with Crippen molar-refractivity contribution in [3.63, 3.8) is 0 Å². The Hall–Kier alpha value is -2.93. The molecule has 3 aromatic heterocycles. The Morgan fingerprint density at radius 1 is 1.17 bits per heavy atom. The topological polar surface area (TPSA) is 116 Å². The van der Waals surface area contributed by atoms with Crippen LogP contribution in [-0.4, -0.2) is 37.1 Å². The van der Waals surface area contributed by atoms with Crippen LogP contribution in [0.25, 0.3) is 11.0 Å². The summed E-state index contributed by atoms with van der Waals surface area (Å²) >= 11 is 6.28. The van der Waals surface area contributed by atoms with E-state index < -0.39 is 23.8 Å². The molecule has 0 aliphatic heterocycles. The summed E-state index contributed by atoms with van der Waals surface area (Å²) in [5.41, 5.74) is 1.34. The van der Waals surface area contributed by atoms with Gasteiger partial charge in [0.1, 0.15) is 5.65 Å². The smallest absolute Gasteiger partial charge is 0.318 e. The lowest BCUT2D eigenvalue weighted by Crippen LogP contribution is -2.31. The van der Waals surface area contributed by atoms with Gasteiger partial charge in [0.15, 0.2) is 5.92 Å². The van der Waals surface area contributed by atoms with E-state index in [0.717, 1.165) is 0 Å². The fourth-order valence-corrected chi connectivity index (χ4v) is 3.06. The van der Waals surface area contributed by atoms with E-state index in [0.29, 0.717) is 22.2 Å². The maximum Gasteiger partial charge on any atom is 0.318 e. The second-order valence-corrected chi connectivity index (χ2v) is 5.59. The van der Waals surface area contributed by atoms with Crippen LogP contribution in [0, 0.1) is 5.92 Å². The minimum Gasteiger partial charge on any atom is -0.481 e. The van der Waals surface area contributed by atoms with Crippen molar-refractivity contribution in [1.82, 2.24) is 15.0 Å². The highest BCUT2D eigenvalue weighted by Gasteiger charge is 2.39. The van der Waals surface area contributed by atoms with Crippen molar-refractivity contribution in [3.8, 4) is 0 Å². The molecule has 8 heteroatoms. The number of hydrogen-bond acceptors (Lipinski definition) is 4. The molecule has 0 aliphatic carbocycles. The normalized spacial score (nSPS) is 12.4. The molecule has 0 amide bonds. The van der Waals surface area contributed by atoms with Gasteiger partial charge < -0.3 is 15.2 Å². The molecule has 0 spiro atoms. The number of fused-ring (bicyclic) bond motifs is 1. The predicted octanol–water partition coefficient (Wildman–Crippen LogP) is 2.53. The highest BCUT2D eigenvalue weighted by Crippen LogP contribution is 2.39. The quantitative estimate of drug-likeness (QED) is 0.612. The molecule has 24 heavy (non-hydrogen) atoms. The standard InChI is InChI=1S/C16H12ClN3O4/c17-10-7-20-14-9(3-5-19-14)12(10)11(8-2-1-4-18-6-8)13(15(21)22)16(23)24/h1-7,11,13H,(H,19,20)(H,21,22)(H,23,24). The van der Waals surface area contributed by atoms with Gasteiger partial charge in [-0.25, -0.2) is 4.98 Å². The maximum absolute atomic E-state index is 11.6. The molecule has 0 bridgehead atoms. The lowest BCUT2D eigenvalue weighted by Gasteiger charge is -2.23. The number of aromatic amines is 1. The number of hydrogen-bond donors (Lipinski definition) is 3. The Morgan fingerprint density at radius 2 is 1.92 bits per heavy atom. The highest BCUT2D eigenvalue weighted by atomic mass is 35.5. The maximum atomic E-state index is 11.6. The number of nitrogens with zero attached hydrogens (tertiary/aromatic N) is 2. The third-order valence-electron chi connectivity index (χ3n) is 3.80. The lowest BCUT2D eigenvalue weighted by molar-refractivity contribution is -0.155. The number of rotatable bonds is 5. The van der Waals surface area contributed by atoms with E-state index in [9.17, 15) is 19.8 Å². The first kappa shape index (κ1) is 15.9. The molecule has 0 aromatic carbocycles. The molecule has 0 saturated heterocycles. The molecule has 7 nitrogen and oxygen atoms in total. The summed E-state index contributed by atoms with van der Waals surface area (Å²) in [5, 5.41) is 19.7. The van der Waals surface area contributed by atoms with Gasteiger partial charge in [0.25, 0.3) is 0 Å². The fraction of sp³-hybridized carbons (Fsp3) is 0.125. The van der Waals surface area contributed by atoms with Gasteiger partial charge in [0.05, 0.1) is 5.02 Å². The molecular formula is C16H12ClN3O4. The average Bonchev–Trinajstić information content (AvgIpc) is 3.01. The van der Waals surface area contributed by atoms with Crippen molar-refractivity contribution in [1.29, 1.82) is 0 Å². The Kier molecular flexibility index (Phi) is 4.18. The summed E-state index contributed by atoms with van der Waals surface area (Å²) in [5.74, 6) is -5.63. The predicted molar refractivity (Wildman–Crippen MR) is 85.9 cm³/mol. The first-order chi connectivity index (χ1) is 11.5. The van der Waals surface area contributed by atoms with Crippen LogP contribution in [-0.2, 0) is 9.59 Å². The monoisotopic (exact) mass is 345 g/mol. The van der Waals surface area contributed by atoms with Gasteiger partial charge in [-0.3, -0.25) is 14.6 Å². The highest BCUT2D eigenvalue weighted by molar-refractivity contribution is 6.32. The van der Waals surface area contributed by atoms with Crippen LogP contribution in [0.1, 0.15) is 17.0 Å². The van der Waals surface area contributed by atoms with E-state index in [1.54, 1.807) is 24.4 Å². The number of carboxylic acid groups (broad SMARTS) is 2. The van der Waals surface area contributed by atoms with Crippen LogP contribution in [0.5, 0.6) is 0 Å². The summed E-state index contributed by atoms with van der Waals surface area (Å²) < 4.78 is 0. The van der Waals surface area contributed by atoms with Crippen molar-refractivity contribution < 1.29 is 19.8 Å². The van der Waals surface area contributed by atoms with E-state index in [4.69, 9.17) is 11.6 Å². The molecule has 0 aliphatic rings. The van der Waals surface area contributed by atoms with Gasteiger partial charge in [-0.15, -0.1) is 0 Å². The minimum absolute atomic E-state index is 0.198. The number of aromatic nitrogens is 3. The van der Waals surface area contributed by atoms with E-state index in [1.165, 1.54) is 18.6 Å². The number of nitrogens with one attached hydrogen (secondary N) is 1.